The van der Waals surface area contributed by atoms with Gasteiger partial charge in [0.2, 0.25) is 5.91 Å². The number of piperazine rings is 1. The number of carbonyl (C=O) groups excluding carboxylic acids is 1. The van der Waals surface area contributed by atoms with E-state index < -0.39 is 11.6 Å². The van der Waals surface area contributed by atoms with Crippen LogP contribution >= 0.6 is 0 Å². The van der Waals surface area contributed by atoms with E-state index in [9.17, 15) is 13.6 Å². The van der Waals surface area contributed by atoms with Gasteiger partial charge in [0.15, 0.2) is 11.7 Å². The number of halogens is 2. The zero-order valence-electron chi connectivity index (χ0n) is 15.9. The second-order valence-corrected chi connectivity index (χ2v) is 6.95. The van der Waals surface area contributed by atoms with Gasteiger partial charge in [-0.15, -0.1) is 0 Å². The van der Waals surface area contributed by atoms with Gasteiger partial charge in [-0.3, -0.25) is 4.79 Å². The molecule has 0 atom stereocenters. The van der Waals surface area contributed by atoms with Crippen LogP contribution in [0.5, 0.6) is 0 Å². The number of benzene rings is 2. The van der Waals surface area contributed by atoms with Gasteiger partial charge < -0.3 is 14.2 Å². The molecule has 1 saturated heterocycles. The molecule has 1 aromatic heterocycles. The number of carbonyl (C=O) groups is 1. The van der Waals surface area contributed by atoms with E-state index in [0.29, 0.717) is 50.7 Å². The van der Waals surface area contributed by atoms with Gasteiger partial charge in [0, 0.05) is 50.7 Å². The quantitative estimate of drug-likeness (QED) is 0.655. The van der Waals surface area contributed by atoms with Crippen LogP contribution in [0.25, 0.3) is 11.3 Å². The highest BCUT2D eigenvalue weighted by Crippen LogP contribution is 2.23. The summed E-state index contributed by atoms with van der Waals surface area (Å²) in [6.45, 7) is 1.86. The van der Waals surface area contributed by atoms with Gasteiger partial charge in [0.05, 0.1) is 11.9 Å². The molecule has 0 N–H and O–H groups in total. The van der Waals surface area contributed by atoms with Crippen molar-refractivity contribution >= 4 is 11.6 Å². The lowest BCUT2D eigenvalue weighted by Gasteiger charge is -2.36. The molecule has 0 bridgehead atoms. The van der Waals surface area contributed by atoms with Gasteiger partial charge in [-0.2, -0.15) is 0 Å². The highest BCUT2D eigenvalue weighted by Gasteiger charge is 2.23. The Morgan fingerprint density at radius 3 is 2.55 bits per heavy atom. The lowest BCUT2D eigenvalue weighted by atomic mass is 10.2. The normalized spacial score (nSPS) is 14.3. The van der Waals surface area contributed by atoms with Crippen LogP contribution in [0, 0.1) is 11.6 Å². The first-order valence-electron chi connectivity index (χ1n) is 9.58. The minimum absolute atomic E-state index is 0.00354. The summed E-state index contributed by atoms with van der Waals surface area (Å²) >= 11 is 0. The molecule has 2 heterocycles. The van der Waals surface area contributed by atoms with Crippen LogP contribution in [0.1, 0.15) is 12.3 Å². The van der Waals surface area contributed by atoms with Crippen LogP contribution in [0.15, 0.2) is 59.1 Å². The molecular weight excluding hydrogens is 376 g/mol. The van der Waals surface area contributed by atoms with Crippen LogP contribution in [-0.2, 0) is 11.2 Å². The average Bonchev–Trinajstić information content (AvgIpc) is 3.24. The molecule has 1 fully saturated rings. The Labute approximate surface area is 167 Å². The zero-order valence-corrected chi connectivity index (χ0v) is 15.9. The number of nitrogens with zero attached hydrogens (tertiary/aromatic N) is 3. The van der Waals surface area contributed by atoms with Crippen molar-refractivity contribution in [2.45, 2.75) is 12.8 Å². The molecule has 0 spiro atoms. The summed E-state index contributed by atoms with van der Waals surface area (Å²) in [6.07, 6.45) is 2.38. The van der Waals surface area contributed by atoms with Crippen molar-refractivity contribution in [3.8, 4) is 11.3 Å². The monoisotopic (exact) mass is 397 g/mol. The van der Waals surface area contributed by atoms with Crippen molar-refractivity contribution in [1.82, 2.24) is 9.88 Å². The summed E-state index contributed by atoms with van der Waals surface area (Å²) in [5, 5.41) is 0. The van der Waals surface area contributed by atoms with Crippen molar-refractivity contribution < 1.29 is 18.0 Å². The van der Waals surface area contributed by atoms with Crippen molar-refractivity contribution in [1.29, 1.82) is 0 Å². The Kier molecular flexibility index (Phi) is 5.55. The highest BCUT2D eigenvalue weighted by molar-refractivity contribution is 5.76. The average molecular weight is 397 g/mol. The molecule has 2 aromatic carbocycles. The Morgan fingerprint density at radius 2 is 1.79 bits per heavy atom. The molecule has 5 nitrogen and oxygen atoms in total. The summed E-state index contributed by atoms with van der Waals surface area (Å²) in [5.41, 5.74) is 1.18. The fraction of sp³-hybridized carbons (Fsp3) is 0.273. The van der Waals surface area contributed by atoms with Gasteiger partial charge in [0.1, 0.15) is 11.6 Å². The lowest BCUT2D eigenvalue weighted by molar-refractivity contribution is -0.131. The molecule has 7 heteroatoms. The van der Waals surface area contributed by atoms with Gasteiger partial charge in [-0.1, -0.05) is 30.3 Å². The number of aromatic nitrogens is 1. The highest BCUT2D eigenvalue weighted by atomic mass is 19.1. The maximum Gasteiger partial charge on any atom is 0.223 e. The molecule has 4 rings (SSSR count). The summed E-state index contributed by atoms with van der Waals surface area (Å²) in [7, 11) is 0. The predicted molar refractivity (Wildman–Crippen MR) is 105 cm³/mol. The van der Waals surface area contributed by atoms with E-state index in [4.69, 9.17) is 4.42 Å². The van der Waals surface area contributed by atoms with Crippen molar-refractivity contribution in [3.05, 3.63) is 72.3 Å². The largest absolute Gasteiger partial charge is 0.441 e. The minimum Gasteiger partial charge on any atom is -0.441 e. The minimum atomic E-state index is -0.472. The summed E-state index contributed by atoms with van der Waals surface area (Å²) in [5.74, 6) is 0.283. The fourth-order valence-electron chi connectivity index (χ4n) is 3.46. The number of amides is 1. The first kappa shape index (κ1) is 19.1. The molecule has 1 aliphatic rings. The Bertz CT molecular complexity index is 983. The van der Waals surface area contributed by atoms with E-state index in [0.717, 1.165) is 17.7 Å². The maximum absolute atomic E-state index is 13.9. The third kappa shape index (κ3) is 4.45. The number of oxazole rings is 1. The van der Waals surface area contributed by atoms with Gasteiger partial charge in [-0.25, -0.2) is 13.8 Å². The third-order valence-corrected chi connectivity index (χ3v) is 5.05. The van der Waals surface area contributed by atoms with Crippen LogP contribution in [0.2, 0.25) is 0 Å². The number of hydrogen-bond acceptors (Lipinski definition) is 4. The second kappa shape index (κ2) is 8.43. The van der Waals surface area contributed by atoms with Gasteiger partial charge in [0.25, 0.3) is 0 Å². The smallest absolute Gasteiger partial charge is 0.223 e. The molecule has 150 valence electrons. The standard InChI is InChI=1S/C22H21F2N3O2/c23-17-6-7-18(24)19(14-17)26-10-12-27(13-11-26)22(28)9-8-21-25-15-20(29-21)16-4-2-1-3-5-16/h1-7,14-15H,8-13H2. The van der Waals surface area contributed by atoms with E-state index in [1.54, 1.807) is 16.0 Å². The number of aryl methyl sites for hydroxylation is 1. The van der Waals surface area contributed by atoms with Gasteiger partial charge in [-0.05, 0) is 12.1 Å². The van der Waals surface area contributed by atoms with Gasteiger partial charge >= 0.3 is 0 Å². The molecule has 0 saturated carbocycles. The first-order valence-corrected chi connectivity index (χ1v) is 9.58. The molecule has 0 radical (unpaired) electrons. The molecule has 3 aromatic rings. The topological polar surface area (TPSA) is 49.6 Å². The van der Waals surface area contributed by atoms with E-state index in [1.807, 2.05) is 30.3 Å². The summed E-state index contributed by atoms with van der Waals surface area (Å²) in [6, 6.07) is 13.1. The Morgan fingerprint density at radius 1 is 1.03 bits per heavy atom. The number of rotatable bonds is 5. The molecule has 29 heavy (non-hydrogen) atoms. The molecule has 1 aliphatic heterocycles. The predicted octanol–water partition coefficient (Wildman–Crippen LogP) is 3.90. The molecule has 1 amide bonds. The van der Waals surface area contributed by atoms with Crippen LogP contribution < -0.4 is 4.90 Å². The maximum atomic E-state index is 13.9. The van der Waals surface area contributed by atoms with Crippen molar-refractivity contribution in [2.24, 2.45) is 0 Å². The molecule has 0 unspecified atom stereocenters. The number of anilines is 1. The first-order chi connectivity index (χ1) is 14.1. The third-order valence-electron chi connectivity index (χ3n) is 5.05. The zero-order chi connectivity index (χ0) is 20.2. The Balaban J connectivity index is 1.29. The second-order valence-electron chi connectivity index (χ2n) is 6.95. The number of hydrogen-bond donors (Lipinski definition) is 0. The van der Waals surface area contributed by atoms with E-state index >= 15 is 0 Å². The van der Waals surface area contributed by atoms with Crippen molar-refractivity contribution in [3.63, 3.8) is 0 Å². The van der Waals surface area contributed by atoms with Crippen molar-refractivity contribution in [2.75, 3.05) is 31.1 Å². The summed E-state index contributed by atoms with van der Waals surface area (Å²) < 4.78 is 33.1. The fourth-order valence-corrected chi connectivity index (χ4v) is 3.46. The van der Waals surface area contributed by atoms with Crippen LogP contribution in [-0.4, -0.2) is 42.0 Å². The molecule has 0 aliphatic carbocycles. The lowest BCUT2D eigenvalue weighted by Crippen LogP contribution is -2.49. The SMILES string of the molecule is O=C(CCc1ncc(-c2ccccc2)o1)N1CCN(c2cc(F)ccc2F)CC1. The summed E-state index contributed by atoms with van der Waals surface area (Å²) in [4.78, 5) is 20.3. The van der Waals surface area contributed by atoms with Crippen LogP contribution in [0.4, 0.5) is 14.5 Å². The van der Waals surface area contributed by atoms with E-state index in [1.165, 1.54) is 6.07 Å². The Hall–Kier alpha value is -3.22. The van der Waals surface area contributed by atoms with E-state index in [-0.39, 0.29) is 11.6 Å². The molecular formula is C22H21F2N3O2. The van der Waals surface area contributed by atoms with E-state index in [2.05, 4.69) is 4.98 Å². The van der Waals surface area contributed by atoms with Crippen LogP contribution in [0.3, 0.4) is 0 Å².